The lowest BCUT2D eigenvalue weighted by Crippen LogP contribution is -2.39. The highest BCUT2D eigenvalue weighted by Crippen LogP contribution is 2.21. The number of hydrogen-bond donors (Lipinski definition) is 2. The molecular formula is C18H26N2O2. The van der Waals surface area contributed by atoms with Crippen molar-refractivity contribution >= 4 is 16.8 Å². The van der Waals surface area contributed by atoms with E-state index in [1.165, 1.54) is 16.5 Å². The molecule has 0 aliphatic rings. The lowest BCUT2D eigenvalue weighted by molar-refractivity contribution is -0.122. The van der Waals surface area contributed by atoms with Crippen LogP contribution in [-0.2, 0) is 18.3 Å². The van der Waals surface area contributed by atoms with Crippen LogP contribution in [0.5, 0.6) is 0 Å². The third-order valence-electron chi connectivity index (χ3n) is 4.19. The van der Waals surface area contributed by atoms with Crippen molar-refractivity contribution in [3.8, 4) is 0 Å². The Labute approximate surface area is 132 Å². The number of nitrogens with one attached hydrogen (secondary N) is 1. The zero-order valence-corrected chi connectivity index (χ0v) is 13.7. The molecule has 120 valence electrons. The van der Waals surface area contributed by atoms with Gasteiger partial charge < -0.3 is 15.0 Å². The number of nitrogens with zero attached hydrogens (tertiary/aromatic N) is 1. The van der Waals surface area contributed by atoms with Crippen LogP contribution in [0.15, 0.2) is 30.5 Å². The molecule has 0 bridgehead atoms. The van der Waals surface area contributed by atoms with Crippen molar-refractivity contribution in [2.24, 2.45) is 13.0 Å². The Hall–Kier alpha value is -1.81. The van der Waals surface area contributed by atoms with E-state index in [4.69, 9.17) is 5.11 Å². The number of carbonyl (C=O) groups is 1. The summed E-state index contributed by atoms with van der Waals surface area (Å²) in [4.78, 5) is 12.1. The van der Waals surface area contributed by atoms with Crippen molar-refractivity contribution in [2.75, 3.05) is 6.61 Å². The number of benzene rings is 1. The average Bonchev–Trinajstić information content (AvgIpc) is 2.82. The molecule has 0 fully saturated rings. The number of carbonyl (C=O) groups excluding carboxylic acids is 1. The Morgan fingerprint density at radius 1 is 1.32 bits per heavy atom. The molecule has 1 atom stereocenters. The number of aliphatic hydroxyl groups excluding tert-OH is 1. The first-order chi connectivity index (χ1) is 10.5. The van der Waals surface area contributed by atoms with Crippen LogP contribution in [0, 0.1) is 5.92 Å². The predicted octanol–water partition coefficient (Wildman–Crippen LogP) is 2.63. The van der Waals surface area contributed by atoms with Crippen LogP contribution in [0.1, 0.15) is 32.3 Å². The molecule has 2 N–H and O–H groups in total. The topological polar surface area (TPSA) is 54.3 Å². The van der Waals surface area contributed by atoms with E-state index in [1.54, 1.807) is 0 Å². The van der Waals surface area contributed by atoms with Gasteiger partial charge in [0.05, 0.1) is 0 Å². The molecule has 0 saturated carbocycles. The summed E-state index contributed by atoms with van der Waals surface area (Å²) in [5, 5.41) is 13.3. The van der Waals surface area contributed by atoms with E-state index in [9.17, 15) is 4.79 Å². The minimum atomic E-state index is 0.0463. The first-order valence-corrected chi connectivity index (χ1v) is 7.96. The van der Waals surface area contributed by atoms with Gasteiger partial charge in [0.2, 0.25) is 5.91 Å². The van der Waals surface area contributed by atoms with Crippen molar-refractivity contribution in [1.82, 2.24) is 9.88 Å². The molecule has 1 amide bonds. The highest BCUT2D eigenvalue weighted by atomic mass is 16.3. The first-order valence-electron chi connectivity index (χ1n) is 7.96. The van der Waals surface area contributed by atoms with E-state index in [0.717, 1.165) is 6.42 Å². The molecule has 22 heavy (non-hydrogen) atoms. The molecule has 4 heteroatoms. The minimum absolute atomic E-state index is 0.0463. The van der Waals surface area contributed by atoms with E-state index in [2.05, 4.69) is 42.1 Å². The van der Waals surface area contributed by atoms with Gasteiger partial charge >= 0.3 is 0 Å². The van der Waals surface area contributed by atoms with Crippen molar-refractivity contribution in [1.29, 1.82) is 0 Å². The summed E-state index contributed by atoms with van der Waals surface area (Å²) in [7, 11) is 2.03. The largest absolute Gasteiger partial charge is 0.396 e. The van der Waals surface area contributed by atoms with Gasteiger partial charge in [0.15, 0.2) is 0 Å². The molecule has 2 rings (SSSR count). The van der Waals surface area contributed by atoms with E-state index in [1.807, 2.05) is 19.2 Å². The van der Waals surface area contributed by atoms with Gasteiger partial charge in [0, 0.05) is 43.2 Å². The summed E-state index contributed by atoms with van der Waals surface area (Å²) in [6.45, 7) is 4.23. The summed E-state index contributed by atoms with van der Waals surface area (Å²) in [6.07, 6.45) is 3.92. The van der Waals surface area contributed by atoms with Crippen LogP contribution in [0.4, 0.5) is 0 Å². The lowest BCUT2D eigenvalue weighted by Gasteiger charge is -2.21. The van der Waals surface area contributed by atoms with Crippen molar-refractivity contribution < 1.29 is 9.90 Å². The Bertz CT molecular complexity index is 631. The molecule has 1 aromatic heterocycles. The van der Waals surface area contributed by atoms with E-state index in [-0.39, 0.29) is 18.6 Å². The predicted molar refractivity (Wildman–Crippen MR) is 89.7 cm³/mol. The maximum Gasteiger partial charge on any atom is 0.220 e. The molecule has 0 saturated heterocycles. The smallest absolute Gasteiger partial charge is 0.220 e. The second-order valence-electron chi connectivity index (χ2n) is 6.21. The maximum absolute atomic E-state index is 12.1. The molecule has 1 unspecified atom stereocenters. The molecule has 1 aromatic carbocycles. The summed E-state index contributed by atoms with van der Waals surface area (Å²) in [5.74, 6) is 0.383. The van der Waals surface area contributed by atoms with Gasteiger partial charge in [-0.25, -0.2) is 0 Å². The number of aryl methyl sites for hydroxylation is 2. The van der Waals surface area contributed by atoms with Crippen molar-refractivity contribution in [3.63, 3.8) is 0 Å². The molecule has 0 radical (unpaired) electrons. The Morgan fingerprint density at radius 2 is 2.05 bits per heavy atom. The van der Waals surface area contributed by atoms with Gasteiger partial charge in [0.1, 0.15) is 0 Å². The number of amides is 1. The van der Waals surface area contributed by atoms with Crippen LogP contribution in [0.2, 0.25) is 0 Å². The van der Waals surface area contributed by atoms with Crippen molar-refractivity contribution in [3.05, 3.63) is 36.0 Å². The third-order valence-corrected chi connectivity index (χ3v) is 4.19. The van der Waals surface area contributed by atoms with Gasteiger partial charge in [-0.3, -0.25) is 4.79 Å². The monoisotopic (exact) mass is 302 g/mol. The lowest BCUT2D eigenvalue weighted by atomic mass is 10.0. The maximum atomic E-state index is 12.1. The van der Waals surface area contributed by atoms with Crippen LogP contribution >= 0.6 is 0 Å². The van der Waals surface area contributed by atoms with Gasteiger partial charge in [-0.1, -0.05) is 32.0 Å². The normalized spacial score (nSPS) is 12.8. The first kappa shape index (κ1) is 16.6. The van der Waals surface area contributed by atoms with Gasteiger partial charge in [-0.05, 0) is 30.4 Å². The molecule has 1 heterocycles. The standard InChI is InChI=1S/C18H26N2O2/c1-13(2)16(10-11-21)19-18(22)9-8-14-12-20(3)17-7-5-4-6-15(14)17/h4-7,12-13,16,21H,8-11H2,1-3H3,(H,19,22). The highest BCUT2D eigenvalue weighted by Gasteiger charge is 2.16. The average molecular weight is 302 g/mol. The van der Waals surface area contributed by atoms with Crippen molar-refractivity contribution in [2.45, 2.75) is 39.2 Å². The second-order valence-corrected chi connectivity index (χ2v) is 6.21. The molecule has 0 spiro atoms. The fraction of sp³-hybridized carbons (Fsp3) is 0.500. The SMILES string of the molecule is CC(C)C(CCO)NC(=O)CCc1cn(C)c2ccccc12. The Morgan fingerprint density at radius 3 is 2.73 bits per heavy atom. The van der Waals surface area contributed by atoms with Crippen LogP contribution in [-0.4, -0.2) is 28.2 Å². The van der Waals surface area contributed by atoms with E-state index < -0.39 is 0 Å². The fourth-order valence-corrected chi connectivity index (χ4v) is 2.86. The Kier molecular flexibility index (Phi) is 5.61. The third kappa shape index (κ3) is 3.89. The quantitative estimate of drug-likeness (QED) is 0.826. The minimum Gasteiger partial charge on any atom is -0.396 e. The van der Waals surface area contributed by atoms with Gasteiger partial charge in [-0.2, -0.15) is 0 Å². The van der Waals surface area contributed by atoms with Crippen LogP contribution in [0.25, 0.3) is 10.9 Å². The number of fused-ring (bicyclic) bond motifs is 1. The number of aromatic nitrogens is 1. The molecule has 0 aliphatic heterocycles. The number of para-hydroxylation sites is 1. The van der Waals surface area contributed by atoms with Gasteiger partial charge in [0.25, 0.3) is 0 Å². The summed E-state index contributed by atoms with van der Waals surface area (Å²) in [5.41, 5.74) is 2.40. The molecular weight excluding hydrogens is 276 g/mol. The fourth-order valence-electron chi connectivity index (χ4n) is 2.86. The van der Waals surface area contributed by atoms with Gasteiger partial charge in [-0.15, -0.1) is 0 Å². The number of hydrogen-bond acceptors (Lipinski definition) is 2. The van der Waals surface area contributed by atoms with Crippen LogP contribution < -0.4 is 5.32 Å². The molecule has 2 aromatic rings. The zero-order chi connectivity index (χ0) is 16.1. The molecule has 4 nitrogen and oxygen atoms in total. The molecule has 0 aliphatic carbocycles. The highest BCUT2D eigenvalue weighted by molar-refractivity contribution is 5.85. The van der Waals surface area contributed by atoms with E-state index in [0.29, 0.717) is 18.8 Å². The second kappa shape index (κ2) is 7.45. The summed E-state index contributed by atoms with van der Waals surface area (Å²) in [6, 6.07) is 8.30. The van der Waals surface area contributed by atoms with E-state index >= 15 is 0 Å². The Balaban J connectivity index is 1.98. The number of aliphatic hydroxyl groups is 1. The summed E-state index contributed by atoms with van der Waals surface area (Å²) >= 11 is 0. The van der Waals surface area contributed by atoms with Crippen LogP contribution in [0.3, 0.4) is 0 Å². The number of rotatable bonds is 7. The summed E-state index contributed by atoms with van der Waals surface area (Å²) < 4.78 is 2.10. The zero-order valence-electron chi connectivity index (χ0n) is 13.7.